The Morgan fingerprint density at radius 1 is 0.950 bits per heavy atom. The fraction of sp³-hybridized carbons (Fsp3) is 0.938. The van der Waals surface area contributed by atoms with Crippen LogP contribution in [0.4, 0.5) is 0 Å². The lowest BCUT2D eigenvalue weighted by atomic mass is 10.1. The minimum Gasteiger partial charge on any atom is -0.481 e. The van der Waals surface area contributed by atoms with Gasteiger partial charge in [0, 0.05) is 19.6 Å². The van der Waals surface area contributed by atoms with Gasteiger partial charge in [-0.25, -0.2) is 0 Å². The standard InChI is InChI=1S/C16H34N2O2/c1-5-8-9-10-11-18(14-15(4)16(19)20)13-12-17(6-2)7-3/h15H,5-14H2,1-4H3,(H,19,20). The van der Waals surface area contributed by atoms with Crippen LogP contribution in [0.5, 0.6) is 0 Å². The third-order valence-electron chi connectivity index (χ3n) is 3.91. The first-order valence-electron chi connectivity index (χ1n) is 8.22. The fourth-order valence-electron chi connectivity index (χ4n) is 2.34. The number of hydrogen-bond acceptors (Lipinski definition) is 3. The van der Waals surface area contributed by atoms with Crippen molar-refractivity contribution >= 4 is 5.97 Å². The molecule has 4 heteroatoms. The van der Waals surface area contributed by atoms with Crippen LogP contribution in [0.2, 0.25) is 0 Å². The molecule has 0 aliphatic carbocycles. The number of carbonyl (C=O) groups is 1. The molecular weight excluding hydrogens is 252 g/mol. The van der Waals surface area contributed by atoms with Crippen LogP contribution in [-0.4, -0.2) is 60.1 Å². The molecule has 120 valence electrons. The minimum atomic E-state index is -0.689. The van der Waals surface area contributed by atoms with E-state index in [1.165, 1.54) is 25.7 Å². The predicted molar refractivity (Wildman–Crippen MR) is 85.2 cm³/mol. The molecule has 0 fully saturated rings. The third kappa shape index (κ3) is 9.32. The van der Waals surface area contributed by atoms with Crippen molar-refractivity contribution in [1.29, 1.82) is 0 Å². The zero-order valence-electron chi connectivity index (χ0n) is 13.9. The largest absolute Gasteiger partial charge is 0.481 e. The van der Waals surface area contributed by atoms with E-state index in [0.29, 0.717) is 6.54 Å². The summed E-state index contributed by atoms with van der Waals surface area (Å²) in [6, 6.07) is 0. The van der Waals surface area contributed by atoms with Gasteiger partial charge in [-0.3, -0.25) is 4.79 Å². The van der Waals surface area contributed by atoms with Crippen molar-refractivity contribution in [2.45, 2.75) is 53.4 Å². The van der Waals surface area contributed by atoms with E-state index in [1.807, 2.05) is 0 Å². The van der Waals surface area contributed by atoms with Gasteiger partial charge in [-0.15, -0.1) is 0 Å². The summed E-state index contributed by atoms with van der Waals surface area (Å²) < 4.78 is 0. The Bertz CT molecular complexity index is 243. The second-order valence-electron chi connectivity index (χ2n) is 5.63. The van der Waals surface area contributed by atoms with Crippen molar-refractivity contribution in [2.24, 2.45) is 5.92 Å². The van der Waals surface area contributed by atoms with Crippen LogP contribution >= 0.6 is 0 Å². The Balaban J connectivity index is 4.19. The van der Waals surface area contributed by atoms with E-state index in [-0.39, 0.29) is 5.92 Å². The fourth-order valence-corrected chi connectivity index (χ4v) is 2.34. The molecule has 0 rings (SSSR count). The molecule has 0 bridgehead atoms. The molecule has 0 saturated heterocycles. The summed E-state index contributed by atoms with van der Waals surface area (Å²) in [7, 11) is 0. The van der Waals surface area contributed by atoms with Gasteiger partial charge in [-0.1, -0.05) is 47.0 Å². The molecule has 20 heavy (non-hydrogen) atoms. The summed E-state index contributed by atoms with van der Waals surface area (Å²) in [6.07, 6.45) is 4.95. The molecule has 0 heterocycles. The number of nitrogens with zero attached hydrogens (tertiary/aromatic N) is 2. The van der Waals surface area contributed by atoms with Crippen molar-refractivity contribution in [3.8, 4) is 0 Å². The first kappa shape index (κ1) is 19.4. The van der Waals surface area contributed by atoms with Crippen LogP contribution in [0, 0.1) is 5.92 Å². The van der Waals surface area contributed by atoms with Crippen molar-refractivity contribution in [3.05, 3.63) is 0 Å². The number of unbranched alkanes of at least 4 members (excludes halogenated alkanes) is 3. The zero-order chi connectivity index (χ0) is 15.4. The highest BCUT2D eigenvalue weighted by Gasteiger charge is 2.16. The predicted octanol–water partition coefficient (Wildman–Crippen LogP) is 2.93. The lowest BCUT2D eigenvalue weighted by molar-refractivity contribution is -0.141. The van der Waals surface area contributed by atoms with Crippen LogP contribution < -0.4 is 0 Å². The molecule has 0 aromatic rings. The Morgan fingerprint density at radius 3 is 2.05 bits per heavy atom. The molecule has 0 saturated carbocycles. The molecular formula is C16H34N2O2. The molecule has 0 aromatic carbocycles. The Labute approximate surface area is 125 Å². The van der Waals surface area contributed by atoms with Gasteiger partial charge in [-0.2, -0.15) is 0 Å². The smallest absolute Gasteiger partial charge is 0.307 e. The lowest BCUT2D eigenvalue weighted by Gasteiger charge is -2.27. The first-order chi connectivity index (χ1) is 9.54. The summed E-state index contributed by atoms with van der Waals surface area (Å²) >= 11 is 0. The van der Waals surface area contributed by atoms with E-state index in [1.54, 1.807) is 6.92 Å². The average molecular weight is 286 g/mol. The van der Waals surface area contributed by atoms with Crippen LogP contribution in [0.3, 0.4) is 0 Å². The Morgan fingerprint density at radius 2 is 1.55 bits per heavy atom. The summed E-state index contributed by atoms with van der Waals surface area (Å²) in [5, 5.41) is 9.07. The molecule has 0 aliphatic rings. The van der Waals surface area contributed by atoms with E-state index in [2.05, 4.69) is 30.6 Å². The number of likely N-dealkylation sites (N-methyl/N-ethyl adjacent to an activating group) is 1. The van der Waals surface area contributed by atoms with Crippen LogP contribution in [0.25, 0.3) is 0 Å². The van der Waals surface area contributed by atoms with Gasteiger partial charge in [0.15, 0.2) is 0 Å². The molecule has 1 atom stereocenters. The van der Waals surface area contributed by atoms with Gasteiger partial charge in [-0.05, 0) is 26.1 Å². The Hall–Kier alpha value is -0.610. The van der Waals surface area contributed by atoms with Gasteiger partial charge in [0.1, 0.15) is 0 Å². The monoisotopic (exact) mass is 286 g/mol. The van der Waals surface area contributed by atoms with Gasteiger partial charge in [0.25, 0.3) is 0 Å². The summed E-state index contributed by atoms with van der Waals surface area (Å²) in [6.45, 7) is 14.2. The number of rotatable bonds is 13. The number of carboxylic acid groups (broad SMARTS) is 1. The molecule has 0 aliphatic heterocycles. The lowest BCUT2D eigenvalue weighted by Crippen LogP contribution is -2.39. The van der Waals surface area contributed by atoms with E-state index in [0.717, 1.165) is 32.7 Å². The molecule has 1 unspecified atom stereocenters. The maximum atomic E-state index is 11.0. The highest BCUT2D eigenvalue weighted by atomic mass is 16.4. The van der Waals surface area contributed by atoms with Crippen molar-refractivity contribution in [3.63, 3.8) is 0 Å². The van der Waals surface area contributed by atoms with Gasteiger partial charge >= 0.3 is 5.97 Å². The van der Waals surface area contributed by atoms with Gasteiger partial charge in [0.2, 0.25) is 0 Å². The van der Waals surface area contributed by atoms with Gasteiger partial charge in [0.05, 0.1) is 5.92 Å². The van der Waals surface area contributed by atoms with Crippen molar-refractivity contribution < 1.29 is 9.90 Å². The SMILES string of the molecule is CCCCCCN(CCN(CC)CC)CC(C)C(=O)O. The average Bonchev–Trinajstić information content (AvgIpc) is 2.43. The van der Waals surface area contributed by atoms with E-state index in [4.69, 9.17) is 5.11 Å². The number of carboxylic acids is 1. The van der Waals surface area contributed by atoms with E-state index < -0.39 is 5.97 Å². The quantitative estimate of drug-likeness (QED) is 0.529. The van der Waals surface area contributed by atoms with Crippen molar-refractivity contribution in [1.82, 2.24) is 9.80 Å². The minimum absolute atomic E-state index is 0.280. The third-order valence-corrected chi connectivity index (χ3v) is 3.91. The summed E-state index contributed by atoms with van der Waals surface area (Å²) in [5.41, 5.74) is 0. The second-order valence-corrected chi connectivity index (χ2v) is 5.63. The van der Waals surface area contributed by atoms with Gasteiger partial charge < -0.3 is 14.9 Å². The highest BCUT2D eigenvalue weighted by molar-refractivity contribution is 5.69. The molecule has 4 nitrogen and oxygen atoms in total. The zero-order valence-corrected chi connectivity index (χ0v) is 13.9. The van der Waals surface area contributed by atoms with E-state index >= 15 is 0 Å². The van der Waals surface area contributed by atoms with Crippen molar-refractivity contribution in [2.75, 3.05) is 39.3 Å². The number of hydrogen-bond donors (Lipinski definition) is 1. The van der Waals surface area contributed by atoms with Crippen LogP contribution in [0.1, 0.15) is 53.4 Å². The highest BCUT2D eigenvalue weighted by Crippen LogP contribution is 2.06. The molecule has 0 aromatic heterocycles. The first-order valence-corrected chi connectivity index (χ1v) is 8.22. The van der Waals surface area contributed by atoms with Crippen LogP contribution in [-0.2, 0) is 4.79 Å². The molecule has 0 spiro atoms. The summed E-state index contributed by atoms with van der Waals surface area (Å²) in [4.78, 5) is 15.7. The normalized spacial score (nSPS) is 13.1. The Kier molecular flexibility index (Phi) is 11.8. The molecule has 0 amide bonds. The maximum Gasteiger partial charge on any atom is 0.307 e. The second kappa shape index (κ2) is 12.2. The number of aliphatic carboxylic acids is 1. The molecule has 0 radical (unpaired) electrons. The summed E-state index contributed by atoms with van der Waals surface area (Å²) in [5.74, 6) is -0.968. The topological polar surface area (TPSA) is 43.8 Å². The maximum absolute atomic E-state index is 11.0. The molecule has 1 N–H and O–H groups in total. The van der Waals surface area contributed by atoms with Crippen LogP contribution in [0.15, 0.2) is 0 Å². The van der Waals surface area contributed by atoms with E-state index in [9.17, 15) is 4.79 Å².